The summed E-state index contributed by atoms with van der Waals surface area (Å²) in [5, 5.41) is 3.49. The largest absolute Gasteiger partial charge is 0.497 e. The number of hydrogen-bond donors (Lipinski definition) is 1. The maximum absolute atomic E-state index is 6.02. The minimum absolute atomic E-state index is 0.183. The second-order valence-electron chi connectivity index (χ2n) is 5.47. The van der Waals surface area contributed by atoms with Crippen LogP contribution < -0.4 is 10.1 Å². The van der Waals surface area contributed by atoms with Crippen molar-refractivity contribution in [1.29, 1.82) is 0 Å². The van der Waals surface area contributed by atoms with Crippen molar-refractivity contribution in [3.63, 3.8) is 0 Å². The Morgan fingerprint density at radius 2 is 2.15 bits per heavy atom. The van der Waals surface area contributed by atoms with Crippen molar-refractivity contribution < 1.29 is 9.47 Å². The van der Waals surface area contributed by atoms with Crippen LogP contribution in [-0.4, -0.2) is 38.2 Å². The predicted molar refractivity (Wildman–Crippen MR) is 79.5 cm³/mol. The summed E-state index contributed by atoms with van der Waals surface area (Å²) in [6.45, 7) is 1.86. The van der Waals surface area contributed by atoms with Crippen molar-refractivity contribution in [2.45, 2.75) is 37.8 Å². The third-order valence-corrected chi connectivity index (χ3v) is 3.97. The fourth-order valence-electron chi connectivity index (χ4n) is 2.82. The van der Waals surface area contributed by atoms with Gasteiger partial charge in [-0.3, -0.25) is 4.99 Å². The zero-order chi connectivity index (χ0) is 13.8. The van der Waals surface area contributed by atoms with Crippen molar-refractivity contribution in [1.82, 2.24) is 5.32 Å². The summed E-state index contributed by atoms with van der Waals surface area (Å²) in [6.07, 6.45) is 4.77. The summed E-state index contributed by atoms with van der Waals surface area (Å²) in [6, 6.07) is 8.52. The SMILES string of the molecule is COc1ccc(CC2CN=C(C3CCCCN3)O2)cc1. The van der Waals surface area contributed by atoms with Crippen LogP contribution in [0.1, 0.15) is 24.8 Å². The van der Waals surface area contributed by atoms with Crippen LogP contribution in [0.25, 0.3) is 0 Å². The molecular weight excluding hydrogens is 252 g/mol. The van der Waals surface area contributed by atoms with E-state index in [1.165, 1.54) is 18.4 Å². The molecule has 1 aromatic rings. The second-order valence-corrected chi connectivity index (χ2v) is 5.47. The van der Waals surface area contributed by atoms with Gasteiger partial charge in [0.05, 0.1) is 19.7 Å². The molecule has 0 bridgehead atoms. The molecule has 3 rings (SSSR count). The molecule has 0 spiro atoms. The van der Waals surface area contributed by atoms with Gasteiger partial charge in [-0.25, -0.2) is 0 Å². The van der Waals surface area contributed by atoms with E-state index in [-0.39, 0.29) is 6.10 Å². The Bertz CT molecular complexity index is 464. The third-order valence-electron chi connectivity index (χ3n) is 3.97. The molecule has 2 atom stereocenters. The topological polar surface area (TPSA) is 42.8 Å². The first-order valence-corrected chi connectivity index (χ1v) is 7.42. The van der Waals surface area contributed by atoms with Gasteiger partial charge in [-0.2, -0.15) is 0 Å². The summed E-state index contributed by atoms with van der Waals surface area (Å²) in [5.41, 5.74) is 1.27. The van der Waals surface area contributed by atoms with Crippen molar-refractivity contribution in [2.75, 3.05) is 20.2 Å². The van der Waals surface area contributed by atoms with Gasteiger partial charge < -0.3 is 14.8 Å². The predicted octanol–water partition coefficient (Wildman–Crippen LogP) is 2.18. The molecule has 1 saturated heterocycles. The van der Waals surface area contributed by atoms with Gasteiger partial charge >= 0.3 is 0 Å². The lowest BCUT2D eigenvalue weighted by atomic mass is 10.1. The number of piperidine rings is 1. The Morgan fingerprint density at radius 1 is 1.30 bits per heavy atom. The zero-order valence-electron chi connectivity index (χ0n) is 12.0. The molecule has 20 heavy (non-hydrogen) atoms. The molecular formula is C16H22N2O2. The Hall–Kier alpha value is -1.55. The number of hydrogen-bond acceptors (Lipinski definition) is 4. The molecule has 2 heterocycles. The number of methoxy groups -OCH3 is 1. The Kier molecular flexibility index (Phi) is 4.21. The van der Waals surface area contributed by atoms with E-state index in [0.717, 1.165) is 37.6 Å². The zero-order valence-corrected chi connectivity index (χ0v) is 12.0. The van der Waals surface area contributed by atoms with Gasteiger partial charge in [0.2, 0.25) is 5.90 Å². The van der Waals surface area contributed by atoms with Crippen molar-refractivity contribution in [3.8, 4) is 5.75 Å². The standard InChI is InChI=1S/C16H22N2O2/c1-19-13-7-5-12(6-8-13)10-14-11-18-16(20-14)15-4-2-3-9-17-15/h5-8,14-15,17H,2-4,9-11H2,1H3. The number of aliphatic imine (C=N–C) groups is 1. The summed E-state index contributed by atoms with van der Waals surface area (Å²) in [7, 11) is 1.69. The molecule has 0 aliphatic carbocycles. The quantitative estimate of drug-likeness (QED) is 0.915. The number of ether oxygens (including phenoxy) is 2. The smallest absolute Gasteiger partial charge is 0.201 e. The first kappa shape index (κ1) is 13.4. The van der Waals surface area contributed by atoms with Crippen LogP contribution in [0.5, 0.6) is 5.75 Å². The number of nitrogens with zero attached hydrogens (tertiary/aromatic N) is 1. The van der Waals surface area contributed by atoms with E-state index in [1.54, 1.807) is 7.11 Å². The third kappa shape index (κ3) is 3.12. The minimum Gasteiger partial charge on any atom is -0.497 e. The molecule has 1 N–H and O–H groups in total. The van der Waals surface area contributed by atoms with Gasteiger partial charge in [-0.15, -0.1) is 0 Å². The van der Waals surface area contributed by atoms with Crippen LogP contribution in [0.15, 0.2) is 29.3 Å². The van der Waals surface area contributed by atoms with Crippen LogP contribution in [0.4, 0.5) is 0 Å². The van der Waals surface area contributed by atoms with Crippen molar-refractivity contribution in [2.24, 2.45) is 4.99 Å². The van der Waals surface area contributed by atoms with Gasteiger partial charge in [0.25, 0.3) is 0 Å². The Labute approximate surface area is 120 Å². The number of rotatable bonds is 4. The van der Waals surface area contributed by atoms with Crippen molar-refractivity contribution >= 4 is 5.90 Å². The lowest BCUT2D eigenvalue weighted by molar-refractivity contribution is 0.209. The normalized spacial score (nSPS) is 25.9. The van der Waals surface area contributed by atoms with E-state index in [4.69, 9.17) is 9.47 Å². The summed E-state index contributed by atoms with van der Waals surface area (Å²) in [4.78, 5) is 4.58. The maximum Gasteiger partial charge on any atom is 0.201 e. The molecule has 0 saturated carbocycles. The molecule has 4 nitrogen and oxygen atoms in total. The average Bonchev–Trinajstić information content (AvgIpc) is 2.97. The Balaban J connectivity index is 1.53. The van der Waals surface area contributed by atoms with Gasteiger partial charge in [-0.05, 0) is 37.1 Å². The van der Waals surface area contributed by atoms with Crippen LogP contribution in [0.2, 0.25) is 0 Å². The lowest BCUT2D eigenvalue weighted by Gasteiger charge is -2.23. The molecule has 4 heteroatoms. The van der Waals surface area contributed by atoms with Crippen LogP contribution >= 0.6 is 0 Å². The summed E-state index contributed by atoms with van der Waals surface area (Å²) >= 11 is 0. The van der Waals surface area contributed by atoms with E-state index >= 15 is 0 Å². The molecule has 1 fully saturated rings. The fourth-order valence-corrected chi connectivity index (χ4v) is 2.82. The molecule has 2 aliphatic heterocycles. The van der Waals surface area contributed by atoms with Crippen LogP contribution in [0, 0.1) is 0 Å². The van der Waals surface area contributed by atoms with Gasteiger partial charge in [0.1, 0.15) is 11.9 Å². The second kappa shape index (κ2) is 6.27. The molecule has 0 radical (unpaired) electrons. The van der Waals surface area contributed by atoms with E-state index in [1.807, 2.05) is 12.1 Å². The summed E-state index contributed by atoms with van der Waals surface area (Å²) in [5.74, 6) is 1.81. The average molecular weight is 274 g/mol. The molecule has 0 aromatic heterocycles. The van der Waals surface area contributed by atoms with Crippen LogP contribution in [-0.2, 0) is 11.2 Å². The monoisotopic (exact) mass is 274 g/mol. The highest BCUT2D eigenvalue weighted by Gasteiger charge is 2.27. The molecule has 0 amide bonds. The molecule has 2 aliphatic rings. The molecule has 2 unspecified atom stereocenters. The van der Waals surface area contributed by atoms with Gasteiger partial charge in [0.15, 0.2) is 0 Å². The highest BCUT2D eigenvalue weighted by molar-refractivity contribution is 5.83. The van der Waals surface area contributed by atoms with E-state index < -0.39 is 0 Å². The van der Waals surface area contributed by atoms with Gasteiger partial charge in [0, 0.05) is 6.42 Å². The number of benzene rings is 1. The lowest BCUT2D eigenvalue weighted by Crippen LogP contribution is -2.41. The van der Waals surface area contributed by atoms with E-state index in [9.17, 15) is 0 Å². The molecule has 108 valence electrons. The molecule has 1 aromatic carbocycles. The van der Waals surface area contributed by atoms with Crippen LogP contribution in [0.3, 0.4) is 0 Å². The maximum atomic E-state index is 6.02. The van der Waals surface area contributed by atoms with Gasteiger partial charge in [-0.1, -0.05) is 18.6 Å². The first-order chi connectivity index (χ1) is 9.85. The fraction of sp³-hybridized carbons (Fsp3) is 0.562. The Morgan fingerprint density at radius 3 is 2.85 bits per heavy atom. The minimum atomic E-state index is 0.183. The highest BCUT2D eigenvalue weighted by Crippen LogP contribution is 2.19. The number of nitrogens with one attached hydrogen (secondary N) is 1. The van der Waals surface area contributed by atoms with E-state index in [2.05, 4.69) is 22.4 Å². The van der Waals surface area contributed by atoms with E-state index in [0.29, 0.717) is 6.04 Å². The van der Waals surface area contributed by atoms with Crippen molar-refractivity contribution in [3.05, 3.63) is 29.8 Å². The first-order valence-electron chi connectivity index (χ1n) is 7.42. The highest BCUT2D eigenvalue weighted by atomic mass is 16.5. The summed E-state index contributed by atoms with van der Waals surface area (Å²) < 4.78 is 11.2.